The standard InChI is InChI=1S/C18H16F3N3O3/c1-27-15-9-5-2-6-12(15)10-23-24-16(25)11-22-17(26)13-7-3-4-8-14(13)18(19,20)21/h2-10H,11H2,1H3,(H,22,26)(H,24,25)/b23-10+. The van der Waals surface area contributed by atoms with E-state index in [1.54, 1.807) is 24.3 Å². The summed E-state index contributed by atoms with van der Waals surface area (Å²) in [4.78, 5) is 23.7. The monoisotopic (exact) mass is 379 g/mol. The number of benzene rings is 2. The van der Waals surface area contributed by atoms with Crippen molar-refractivity contribution in [3.05, 3.63) is 65.2 Å². The molecule has 2 aromatic rings. The molecule has 0 radical (unpaired) electrons. The highest BCUT2D eigenvalue weighted by molar-refractivity contribution is 5.98. The molecule has 0 aliphatic carbocycles. The van der Waals surface area contributed by atoms with Crippen LogP contribution in [0.15, 0.2) is 53.6 Å². The van der Waals surface area contributed by atoms with Crippen molar-refractivity contribution < 1.29 is 27.5 Å². The first-order chi connectivity index (χ1) is 12.8. The lowest BCUT2D eigenvalue weighted by atomic mass is 10.1. The number of para-hydroxylation sites is 1. The third-order valence-corrected chi connectivity index (χ3v) is 3.42. The lowest BCUT2D eigenvalue weighted by Gasteiger charge is -2.12. The third-order valence-electron chi connectivity index (χ3n) is 3.42. The number of rotatable bonds is 6. The fourth-order valence-electron chi connectivity index (χ4n) is 2.17. The van der Waals surface area contributed by atoms with Crippen molar-refractivity contribution in [2.24, 2.45) is 5.10 Å². The van der Waals surface area contributed by atoms with Crippen LogP contribution >= 0.6 is 0 Å². The molecule has 6 nitrogen and oxygen atoms in total. The van der Waals surface area contributed by atoms with E-state index in [1.165, 1.54) is 25.5 Å². The maximum atomic E-state index is 12.9. The molecule has 0 aliphatic heterocycles. The van der Waals surface area contributed by atoms with Crippen molar-refractivity contribution in [1.82, 2.24) is 10.7 Å². The molecule has 0 saturated carbocycles. The Hall–Kier alpha value is -3.36. The quantitative estimate of drug-likeness (QED) is 0.598. The van der Waals surface area contributed by atoms with Gasteiger partial charge in [-0.05, 0) is 24.3 Å². The number of amides is 2. The van der Waals surface area contributed by atoms with Gasteiger partial charge in [0.05, 0.1) is 31.0 Å². The average Bonchev–Trinajstić information content (AvgIpc) is 2.65. The van der Waals surface area contributed by atoms with E-state index >= 15 is 0 Å². The Balaban J connectivity index is 1.93. The number of carbonyl (C=O) groups is 2. The smallest absolute Gasteiger partial charge is 0.417 e. The molecule has 0 saturated heterocycles. The normalized spacial score (nSPS) is 11.3. The largest absolute Gasteiger partial charge is 0.496 e. The van der Waals surface area contributed by atoms with Crippen LogP contribution in [0.2, 0.25) is 0 Å². The average molecular weight is 379 g/mol. The van der Waals surface area contributed by atoms with Gasteiger partial charge < -0.3 is 10.1 Å². The first-order valence-corrected chi connectivity index (χ1v) is 7.72. The van der Waals surface area contributed by atoms with E-state index in [2.05, 4.69) is 15.8 Å². The van der Waals surface area contributed by atoms with E-state index in [0.717, 1.165) is 12.1 Å². The van der Waals surface area contributed by atoms with Gasteiger partial charge in [-0.1, -0.05) is 24.3 Å². The SMILES string of the molecule is COc1ccccc1/C=N/NC(=O)CNC(=O)c1ccccc1C(F)(F)F. The van der Waals surface area contributed by atoms with Crippen LogP contribution in [-0.2, 0) is 11.0 Å². The first-order valence-electron chi connectivity index (χ1n) is 7.72. The molecule has 0 atom stereocenters. The number of alkyl halides is 3. The van der Waals surface area contributed by atoms with Crippen LogP contribution in [0.1, 0.15) is 21.5 Å². The fraction of sp³-hybridized carbons (Fsp3) is 0.167. The maximum Gasteiger partial charge on any atom is 0.417 e. The lowest BCUT2D eigenvalue weighted by Crippen LogP contribution is -2.35. The van der Waals surface area contributed by atoms with Crippen LogP contribution in [0, 0.1) is 0 Å². The Morgan fingerprint density at radius 3 is 2.48 bits per heavy atom. The molecule has 0 unspecified atom stereocenters. The number of halogens is 3. The van der Waals surface area contributed by atoms with Gasteiger partial charge in [0.1, 0.15) is 5.75 Å². The number of hydrazone groups is 1. The predicted octanol–water partition coefficient (Wildman–Crippen LogP) is 2.59. The number of nitrogens with zero attached hydrogens (tertiary/aromatic N) is 1. The van der Waals surface area contributed by atoms with Crippen molar-refractivity contribution in [3.63, 3.8) is 0 Å². The highest BCUT2D eigenvalue weighted by atomic mass is 19.4. The lowest BCUT2D eigenvalue weighted by molar-refractivity contribution is -0.137. The molecule has 27 heavy (non-hydrogen) atoms. The van der Waals surface area contributed by atoms with E-state index in [1.807, 2.05) is 0 Å². The van der Waals surface area contributed by atoms with E-state index < -0.39 is 35.7 Å². The summed E-state index contributed by atoms with van der Waals surface area (Å²) in [5.74, 6) is -1.15. The minimum absolute atomic E-state index is 0.533. The van der Waals surface area contributed by atoms with Crippen molar-refractivity contribution in [1.29, 1.82) is 0 Å². The Bertz CT molecular complexity index is 851. The number of hydrogen-bond acceptors (Lipinski definition) is 4. The Kier molecular flexibility index (Phi) is 6.53. The molecule has 142 valence electrons. The van der Waals surface area contributed by atoms with E-state index in [4.69, 9.17) is 4.74 Å². The van der Waals surface area contributed by atoms with Gasteiger partial charge in [0, 0.05) is 5.56 Å². The highest BCUT2D eigenvalue weighted by Gasteiger charge is 2.34. The zero-order valence-electron chi connectivity index (χ0n) is 14.2. The second kappa shape index (κ2) is 8.84. The topological polar surface area (TPSA) is 79.8 Å². The van der Waals surface area contributed by atoms with Crippen molar-refractivity contribution in [2.45, 2.75) is 6.18 Å². The van der Waals surface area contributed by atoms with Crippen molar-refractivity contribution in [3.8, 4) is 5.75 Å². The third kappa shape index (κ3) is 5.56. The number of hydrogen-bond donors (Lipinski definition) is 2. The summed E-state index contributed by atoms with van der Waals surface area (Å²) < 4.78 is 43.8. The predicted molar refractivity (Wildman–Crippen MR) is 92.5 cm³/mol. The van der Waals surface area contributed by atoms with E-state index in [0.29, 0.717) is 11.3 Å². The van der Waals surface area contributed by atoms with Gasteiger partial charge in [-0.3, -0.25) is 9.59 Å². The van der Waals surface area contributed by atoms with Gasteiger partial charge in [-0.25, -0.2) is 5.43 Å². The molecule has 0 fully saturated rings. The Morgan fingerprint density at radius 1 is 1.11 bits per heavy atom. The summed E-state index contributed by atoms with van der Waals surface area (Å²) in [6.07, 6.45) is -3.33. The van der Waals surface area contributed by atoms with Crippen LogP contribution in [0.5, 0.6) is 5.75 Å². The molecule has 0 bridgehead atoms. The number of nitrogens with one attached hydrogen (secondary N) is 2. The summed E-state index contributed by atoms with van der Waals surface area (Å²) in [7, 11) is 1.49. The second-order valence-corrected chi connectivity index (χ2v) is 5.26. The van der Waals surface area contributed by atoms with Gasteiger partial charge in [0.25, 0.3) is 11.8 Å². The molecule has 0 heterocycles. The maximum absolute atomic E-state index is 12.9. The number of carbonyl (C=O) groups excluding carboxylic acids is 2. The first kappa shape index (κ1) is 20.0. The summed E-state index contributed by atoms with van der Waals surface area (Å²) in [6.45, 7) is -0.533. The van der Waals surface area contributed by atoms with E-state index in [9.17, 15) is 22.8 Å². The Morgan fingerprint density at radius 2 is 1.78 bits per heavy atom. The van der Waals surface area contributed by atoms with Gasteiger partial charge >= 0.3 is 6.18 Å². The molecule has 2 rings (SSSR count). The van der Waals surface area contributed by atoms with Crippen molar-refractivity contribution >= 4 is 18.0 Å². The van der Waals surface area contributed by atoms with Crippen LogP contribution in [0.3, 0.4) is 0 Å². The molecule has 0 aromatic heterocycles. The zero-order valence-corrected chi connectivity index (χ0v) is 14.2. The molecule has 9 heteroatoms. The van der Waals surface area contributed by atoms with E-state index in [-0.39, 0.29) is 0 Å². The molecule has 2 N–H and O–H groups in total. The highest BCUT2D eigenvalue weighted by Crippen LogP contribution is 2.31. The van der Waals surface area contributed by atoms with Crippen LogP contribution in [0.4, 0.5) is 13.2 Å². The summed E-state index contributed by atoms with van der Waals surface area (Å²) in [6, 6.07) is 11.3. The zero-order chi connectivity index (χ0) is 19.9. The second-order valence-electron chi connectivity index (χ2n) is 5.26. The van der Waals surface area contributed by atoms with Crippen LogP contribution in [0.25, 0.3) is 0 Å². The summed E-state index contributed by atoms with van der Waals surface area (Å²) in [5, 5.41) is 5.85. The molecular weight excluding hydrogens is 363 g/mol. The number of methoxy groups -OCH3 is 1. The Labute approximate surface area is 153 Å². The summed E-state index contributed by atoms with van der Waals surface area (Å²) in [5.41, 5.74) is 1.15. The minimum Gasteiger partial charge on any atom is -0.496 e. The molecule has 2 aromatic carbocycles. The van der Waals surface area contributed by atoms with Gasteiger partial charge in [-0.2, -0.15) is 18.3 Å². The molecule has 2 amide bonds. The molecule has 0 spiro atoms. The minimum atomic E-state index is -4.67. The van der Waals surface area contributed by atoms with Gasteiger partial charge in [0.15, 0.2) is 0 Å². The van der Waals surface area contributed by atoms with Gasteiger partial charge in [0.2, 0.25) is 0 Å². The van der Waals surface area contributed by atoms with Crippen molar-refractivity contribution in [2.75, 3.05) is 13.7 Å². The van der Waals surface area contributed by atoms with Gasteiger partial charge in [-0.15, -0.1) is 0 Å². The number of ether oxygens (including phenoxy) is 1. The van der Waals surface area contributed by atoms with Crippen LogP contribution in [-0.4, -0.2) is 31.7 Å². The molecule has 0 aliphatic rings. The molecular formula is C18H16F3N3O3. The summed E-state index contributed by atoms with van der Waals surface area (Å²) >= 11 is 0. The fourth-order valence-corrected chi connectivity index (χ4v) is 2.17. The van der Waals surface area contributed by atoms with Crippen LogP contribution < -0.4 is 15.5 Å².